The fraction of sp³-hybridized carbons (Fsp3) is 0.550. The molecule has 2 rings (SSSR count). The second kappa shape index (κ2) is 12.5. The van der Waals surface area contributed by atoms with Crippen molar-refractivity contribution in [3.05, 3.63) is 35.4 Å². The third-order valence-electron chi connectivity index (χ3n) is 4.64. The van der Waals surface area contributed by atoms with E-state index in [2.05, 4.69) is 10.3 Å². The van der Waals surface area contributed by atoms with Crippen LogP contribution in [-0.4, -0.2) is 74.1 Å². The van der Waals surface area contributed by atoms with Gasteiger partial charge in [0.1, 0.15) is 0 Å². The number of ether oxygens (including phenoxy) is 1. The van der Waals surface area contributed by atoms with Gasteiger partial charge in [-0.15, -0.1) is 24.0 Å². The van der Waals surface area contributed by atoms with Gasteiger partial charge in [-0.1, -0.05) is 12.1 Å². The van der Waals surface area contributed by atoms with Gasteiger partial charge >= 0.3 is 6.09 Å². The second-order valence-corrected chi connectivity index (χ2v) is 7.02. The van der Waals surface area contributed by atoms with E-state index in [9.17, 15) is 9.59 Å². The first-order valence-electron chi connectivity index (χ1n) is 9.69. The molecule has 1 aliphatic rings. The number of benzene rings is 1. The number of amides is 2. The summed E-state index contributed by atoms with van der Waals surface area (Å²) in [7, 11) is 3.48. The molecule has 2 amide bonds. The minimum absolute atomic E-state index is 0. The Morgan fingerprint density at radius 3 is 2.62 bits per heavy atom. The first kappa shape index (κ1) is 25.0. The molecule has 29 heavy (non-hydrogen) atoms. The van der Waals surface area contributed by atoms with Gasteiger partial charge in [0.15, 0.2) is 5.96 Å². The second-order valence-electron chi connectivity index (χ2n) is 7.02. The van der Waals surface area contributed by atoms with Crippen LogP contribution in [0, 0.1) is 0 Å². The number of nitrogens with zero attached hydrogens (tertiary/aromatic N) is 3. The average Bonchev–Trinajstić information content (AvgIpc) is 2.68. The minimum Gasteiger partial charge on any atom is -0.450 e. The predicted molar refractivity (Wildman–Crippen MR) is 125 cm³/mol. The van der Waals surface area contributed by atoms with Crippen LogP contribution in [-0.2, 0) is 11.2 Å². The summed E-state index contributed by atoms with van der Waals surface area (Å²) in [4.78, 5) is 31.4. The van der Waals surface area contributed by atoms with E-state index in [4.69, 9.17) is 10.5 Å². The van der Waals surface area contributed by atoms with Gasteiger partial charge in [0.25, 0.3) is 5.91 Å². The quantitative estimate of drug-likeness (QED) is 0.342. The molecule has 0 unspecified atom stereocenters. The zero-order chi connectivity index (χ0) is 20.5. The number of piperidine rings is 1. The lowest BCUT2D eigenvalue weighted by atomic mass is 10.1. The largest absolute Gasteiger partial charge is 0.450 e. The van der Waals surface area contributed by atoms with E-state index < -0.39 is 0 Å². The smallest absolute Gasteiger partial charge is 0.409 e. The van der Waals surface area contributed by atoms with Crippen LogP contribution in [0.4, 0.5) is 4.79 Å². The van der Waals surface area contributed by atoms with Gasteiger partial charge in [0.05, 0.1) is 6.61 Å². The van der Waals surface area contributed by atoms with Gasteiger partial charge in [-0.25, -0.2) is 4.79 Å². The summed E-state index contributed by atoms with van der Waals surface area (Å²) in [5.41, 5.74) is 7.72. The van der Waals surface area contributed by atoms with Crippen LogP contribution in [0.1, 0.15) is 35.7 Å². The lowest BCUT2D eigenvalue weighted by Crippen LogP contribution is -2.48. The van der Waals surface area contributed by atoms with Crippen LogP contribution in [0.25, 0.3) is 0 Å². The van der Waals surface area contributed by atoms with Crippen molar-refractivity contribution >= 4 is 41.9 Å². The molecule has 9 heteroatoms. The zero-order valence-electron chi connectivity index (χ0n) is 17.4. The van der Waals surface area contributed by atoms with Crippen LogP contribution in [0.2, 0.25) is 0 Å². The lowest BCUT2D eigenvalue weighted by molar-refractivity contribution is 0.0827. The maximum absolute atomic E-state index is 12.0. The fourth-order valence-electron chi connectivity index (χ4n) is 3.10. The third kappa shape index (κ3) is 8.08. The maximum atomic E-state index is 12.0. The van der Waals surface area contributed by atoms with Crippen molar-refractivity contribution in [1.29, 1.82) is 0 Å². The molecule has 0 saturated carbocycles. The van der Waals surface area contributed by atoms with E-state index in [-0.39, 0.29) is 42.0 Å². The standard InChI is InChI=1S/C20H31N5O3.HI/c1-4-28-20(27)25-12-9-17(10-13-25)23-19(21)22-11-8-15-6-5-7-16(14-15)18(26)24(2)3;/h5-7,14,17H,4,8-13H2,1-3H3,(H3,21,22,23);1H. The summed E-state index contributed by atoms with van der Waals surface area (Å²) in [6.45, 7) is 4.04. The highest BCUT2D eigenvalue weighted by molar-refractivity contribution is 14.0. The van der Waals surface area contributed by atoms with Gasteiger partial charge in [-0.2, -0.15) is 0 Å². The van der Waals surface area contributed by atoms with E-state index in [0.29, 0.717) is 44.2 Å². The molecule has 1 aromatic rings. The molecular weight excluding hydrogens is 485 g/mol. The molecule has 0 bridgehead atoms. The Morgan fingerprint density at radius 2 is 2.00 bits per heavy atom. The third-order valence-corrected chi connectivity index (χ3v) is 4.64. The van der Waals surface area contributed by atoms with Crippen LogP contribution >= 0.6 is 24.0 Å². The van der Waals surface area contributed by atoms with Gasteiger partial charge in [0, 0.05) is 45.3 Å². The van der Waals surface area contributed by atoms with Crippen LogP contribution in [0.5, 0.6) is 0 Å². The SMILES string of the molecule is CCOC(=O)N1CCC(NC(N)=NCCc2cccc(C(=O)N(C)C)c2)CC1.I. The zero-order valence-corrected chi connectivity index (χ0v) is 19.7. The summed E-state index contributed by atoms with van der Waals surface area (Å²) in [6, 6.07) is 7.78. The highest BCUT2D eigenvalue weighted by atomic mass is 127. The Bertz CT molecular complexity index is 703. The summed E-state index contributed by atoms with van der Waals surface area (Å²) < 4.78 is 5.02. The van der Waals surface area contributed by atoms with Crippen molar-refractivity contribution < 1.29 is 14.3 Å². The number of carbonyl (C=O) groups is 2. The number of aliphatic imine (C=N–C) groups is 1. The summed E-state index contributed by atoms with van der Waals surface area (Å²) in [5.74, 6) is 0.399. The number of hydrogen-bond donors (Lipinski definition) is 2. The highest BCUT2D eigenvalue weighted by Crippen LogP contribution is 2.11. The Morgan fingerprint density at radius 1 is 1.31 bits per heavy atom. The number of nitrogens with one attached hydrogen (secondary N) is 1. The van der Waals surface area contributed by atoms with Gasteiger partial charge in [-0.3, -0.25) is 9.79 Å². The van der Waals surface area contributed by atoms with E-state index in [1.807, 2.05) is 24.3 Å². The van der Waals surface area contributed by atoms with Crippen molar-refractivity contribution in [2.45, 2.75) is 32.2 Å². The monoisotopic (exact) mass is 517 g/mol. The van der Waals surface area contributed by atoms with Crippen LogP contribution in [0.15, 0.2) is 29.3 Å². The Balaban J connectivity index is 0.00000420. The van der Waals surface area contributed by atoms with Gasteiger partial charge < -0.3 is 25.6 Å². The first-order valence-corrected chi connectivity index (χ1v) is 9.69. The summed E-state index contributed by atoms with van der Waals surface area (Å²) in [6.07, 6.45) is 2.07. The number of carbonyl (C=O) groups excluding carboxylic acids is 2. The normalized spacial score (nSPS) is 14.7. The van der Waals surface area contributed by atoms with E-state index >= 15 is 0 Å². The molecular formula is C20H32IN5O3. The molecule has 0 radical (unpaired) electrons. The predicted octanol–water partition coefficient (Wildman–Crippen LogP) is 2.07. The molecule has 1 heterocycles. The summed E-state index contributed by atoms with van der Waals surface area (Å²) >= 11 is 0. The molecule has 0 aromatic heterocycles. The number of halogens is 1. The number of nitrogens with two attached hydrogens (primary N) is 1. The minimum atomic E-state index is -0.252. The molecule has 162 valence electrons. The van der Waals surface area contributed by atoms with Crippen molar-refractivity contribution in [2.75, 3.05) is 40.3 Å². The lowest BCUT2D eigenvalue weighted by Gasteiger charge is -2.31. The average molecular weight is 517 g/mol. The molecule has 8 nitrogen and oxygen atoms in total. The van der Waals surface area contributed by atoms with E-state index in [0.717, 1.165) is 18.4 Å². The Labute approximate surface area is 189 Å². The molecule has 0 spiro atoms. The number of likely N-dealkylation sites (tertiary alicyclic amines) is 1. The molecule has 0 atom stereocenters. The highest BCUT2D eigenvalue weighted by Gasteiger charge is 2.23. The Hall–Kier alpha value is -2.04. The fourth-order valence-corrected chi connectivity index (χ4v) is 3.10. The van der Waals surface area contributed by atoms with E-state index in [1.54, 1.807) is 30.8 Å². The number of hydrogen-bond acceptors (Lipinski definition) is 4. The molecule has 0 aliphatic carbocycles. The van der Waals surface area contributed by atoms with Gasteiger partial charge in [0.2, 0.25) is 0 Å². The van der Waals surface area contributed by atoms with Crippen molar-refractivity contribution in [3.8, 4) is 0 Å². The van der Waals surface area contributed by atoms with Crippen molar-refractivity contribution in [1.82, 2.24) is 15.1 Å². The Kier molecular flexibility index (Phi) is 10.8. The molecule has 3 N–H and O–H groups in total. The summed E-state index contributed by atoms with van der Waals surface area (Å²) in [5, 5.41) is 3.23. The number of rotatable bonds is 6. The molecule has 1 aliphatic heterocycles. The first-order chi connectivity index (χ1) is 13.4. The molecule has 1 saturated heterocycles. The molecule has 1 fully saturated rings. The van der Waals surface area contributed by atoms with Crippen LogP contribution < -0.4 is 11.1 Å². The van der Waals surface area contributed by atoms with Crippen LogP contribution in [0.3, 0.4) is 0 Å². The van der Waals surface area contributed by atoms with Crippen molar-refractivity contribution in [3.63, 3.8) is 0 Å². The topological polar surface area (TPSA) is 100 Å². The molecule has 1 aromatic carbocycles. The van der Waals surface area contributed by atoms with E-state index in [1.165, 1.54) is 0 Å². The maximum Gasteiger partial charge on any atom is 0.409 e. The van der Waals surface area contributed by atoms with Crippen molar-refractivity contribution in [2.24, 2.45) is 10.7 Å². The number of guanidine groups is 1. The van der Waals surface area contributed by atoms with Gasteiger partial charge in [-0.05, 0) is 43.9 Å².